The molecule has 0 unspecified atom stereocenters. The summed E-state index contributed by atoms with van der Waals surface area (Å²) in [5.41, 5.74) is 2.06. The molecule has 3 nitrogen and oxygen atoms in total. The summed E-state index contributed by atoms with van der Waals surface area (Å²) in [6.45, 7) is 2.89. The van der Waals surface area contributed by atoms with Crippen molar-refractivity contribution in [2.24, 2.45) is 15.2 Å². The molecule has 0 aliphatic carbocycles. The van der Waals surface area contributed by atoms with E-state index in [2.05, 4.69) is 15.2 Å². The predicted molar refractivity (Wildman–Crippen MR) is 60.5 cm³/mol. The molecule has 0 fully saturated rings. The highest BCUT2D eigenvalue weighted by molar-refractivity contribution is 8.14. The predicted octanol–water partition coefficient (Wildman–Crippen LogP) is 3.18. The van der Waals surface area contributed by atoms with Crippen LogP contribution in [0.5, 0.6) is 0 Å². The van der Waals surface area contributed by atoms with E-state index in [-0.39, 0.29) is 0 Å². The van der Waals surface area contributed by atoms with Crippen molar-refractivity contribution >= 4 is 22.6 Å². The highest BCUT2D eigenvalue weighted by Gasteiger charge is 2.04. The summed E-state index contributed by atoms with van der Waals surface area (Å²) in [7, 11) is 0. The summed E-state index contributed by atoms with van der Waals surface area (Å²) < 4.78 is 0. The van der Waals surface area contributed by atoms with Gasteiger partial charge in [-0.3, -0.25) is 4.99 Å². The van der Waals surface area contributed by atoms with Crippen LogP contribution in [0.2, 0.25) is 0 Å². The van der Waals surface area contributed by atoms with E-state index in [4.69, 9.17) is 0 Å². The minimum absolute atomic E-state index is 0.799. The topological polar surface area (TPSA) is 37.1 Å². The Balaban J connectivity index is 2.13. The number of benzene rings is 1. The van der Waals surface area contributed by atoms with Gasteiger partial charge in [0.15, 0.2) is 0 Å². The van der Waals surface area contributed by atoms with Gasteiger partial charge in [-0.05, 0) is 18.6 Å². The third kappa shape index (κ3) is 2.20. The van der Waals surface area contributed by atoms with Crippen LogP contribution in [0.1, 0.15) is 5.56 Å². The molecule has 1 aromatic carbocycles. The van der Waals surface area contributed by atoms with Crippen LogP contribution in [0.15, 0.2) is 39.5 Å². The molecule has 0 saturated carbocycles. The average Bonchev–Trinajstić information content (AvgIpc) is 2.69. The average molecular weight is 205 g/mol. The Morgan fingerprint density at radius 3 is 2.86 bits per heavy atom. The molecule has 72 valence electrons. The molecule has 4 heteroatoms. The lowest BCUT2D eigenvalue weighted by Crippen LogP contribution is -1.78. The Kier molecular flexibility index (Phi) is 2.93. The summed E-state index contributed by atoms with van der Waals surface area (Å²) in [5.74, 6) is 1.03. The Labute approximate surface area is 87.4 Å². The lowest BCUT2D eigenvalue weighted by Gasteiger charge is -1.95. The molecular weight excluding hydrogens is 194 g/mol. The maximum absolute atomic E-state index is 4.20. The fraction of sp³-hybridized carbons (Fsp3) is 0.300. The zero-order valence-electron chi connectivity index (χ0n) is 7.97. The van der Waals surface area contributed by atoms with Gasteiger partial charge in [0, 0.05) is 5.75 Å². The summed E-state index contributed by atoms with van der Waals surface area (Å²) in [6.07, 6.45) is 0. The Morgan fingerprint density at radius 2 is 2.14 bits per heavy atom. The SMILES string of the molecule is Cc1ccccc1N=NC1=NCCS1. The van der Waals surface area contributed by atoms with E-state index in [0.29, 0.717) is 0 Å². The number of aliphatic imine (C=N–C) groups is 1. The van der Waals surface area contributed by atoms with Gasteiger partial charge < -0.3 is 0 Å². The maximum atomic E-state index is 4.20. The molecule has 0 spiro atoms. The summed E-state index contributed by atoms with van der Waals surface area (Å²) in [5, 5.41) is 9.05. The van der Waals surface area contributed by atoms with E-state index < -0.39 is 0 Å². The van der Waals surface area contributed by atoms with Gasteiger partial charge in [-0.1, -0.05) is 30.0 Å². The molecule has 0 amide bonds. The molecule has 0 radical (unpaired) electrons. The number of hydrogen-bond acceptors (Lipinski definition) is 4. The molecule has 0 bridgehead atoms. The van der Waals surface area contributed by atoms with Crippen LogP contribution in [0.3, 0.4) is 0 Å². The van der Waals surface area contributed by atoms with E-state index in [9.17, 15) is 0 Å². The normalized spacial score (nSPS) is 16.2. The summed E-state index contributed by atoms with van der Waals surface area (Å²) >= 11 is 1.66. The zero-order valence-corrected chi connectivity index (χ0v) is 8.79. The molecule has 1 aliphatic rings. The van der Waals surface area contributed by atoms with Crippen molar-refractivity contribution < 1.29 is 0 Å². The fourth-order valence-corrected chi connectivity index (χ4v) is 1.80. The van der Waals surface area contributed by atoms with Gasteiger partial charge in [0.05, 0.1) is 12.2 Å². The number of thioether (sulfide) groups is 1. The monoisotopic (exact) mass is 205 g/mol. The number of azo groups is 1. The van der Waals surface area contributed by atoms with Crippen LogP contribution in [0.4, 0.5) is 5.69 Å². The van der Waals surface area contributed by atoms with Crippen LogP contribution in [-0.2, 0) is 0 Å². The number of aryl methyl sites for hydroxylation is 1. The van der Waals surface area contributed by atoms with Crippen molar-refractivity contribution in [2.75, 3.05) is 12.3 Å². The van der Waals surface area contributed by atoms with Crippen molar-refractivity contribution in [3.05, 3.63) is 29.8 Å². The van der Waals surface area contributed by atoms with Gasteiger partial charge in [0.25, 0.3) is 0 Å². The molecule has 0 saturated heterocycles. The first-order valence-corrected chi connectivity index (χ1v) is 5.49. The third-order valence-electron chi connectivity index (χ3n) is 1.93. The molecule has 0 N–H and O–H groups in total. The van der Waals surface area contributed by atoms with Crippen LogP contribution < -0.4 is 0 Å². The van der Waals surface area contributed by atoms with Crippen LogP contribution in [0, 0.1) is 6.92 Å². The van der Waals surface area contributed by atoms with E-state index in [1.54, 1.807) is 11.8 Å². The highest BCUT2D eigenvalue weighted by Crippen LogP contribution is 2.20. The Bertz CT molecular complexity index is 385. The largest absolute Gasteiger partial charge is 0.258 e. The van der Waals surface area contributed by atoms with Crippen LogP contribution in [0.25, 0.3) is 0 Å². The lowest BCUT2D eigenvalue weighted by atomic mass is 10.2. The minimum atomic E-state index is 0.799. The van der Waals surface area contributed by atoms with Crippen molar-refractivity contribution in [3.63, 3.8) is 0 Å². The number of amidine groups is 1. The number of nitrogens with zero attached hydrogens (tertiary/aromatic N) is 3. The number of hydrogen-bond donors (Lipinski definition) is 0. The van der Waals surface area contributed by atoms with Crippen molar-refractivity contribution in [1.82, 2.24) is 0 Å². The molecule has 1 aliphatic heterocycles. The van der Waals surface area contributed by atoms with Gasteiger partial charge in [-0.2, -0.15) is 0 Å². The van der Waals surface area contributed by atoms with Gasteiger partial charge in [-0.25, -0.2) is 0 Å². The summed E-state index contributed by atoms with van der Waals surface area (Å²) in [6, 6.07) is 7.94. The first-order valence-electron chi connectivity index (χ1n) is 4.51. The standard InChI is InChI=1S/C10H11N3S/c1-8-4-2-3-5-9(8)12-13-10-11-6-7-14-10/h2-5H,6-7H2,1H3. The molecule has 1 aromatic rings. The van der Waals surface area contributed by atoms with Gasteiger partial charge in [-0.15, -0.1) is 10.2 Å². The smallest absolute Gasteiger partial charge is 0.204 e. The van der Waals surface area contributed by atoms with Gasteiger partial charge >= 0.3 is 0 Å². The molecule has 14 heavy (non-hydrogen) atoms. The Morgan fingerprint density at radius 1 is 1.29 bits per heavy atom. The van der Waals surface area contributed by atoms with Crippen LogP contribution in [-0.4, -0.2) is 17.5 Å². The van der Waals surface area contributed by atoms with E-state index in [1.165, 1.54) is 0 Å². The second-order valence-corrected chi connectivity index (χ2v) is 4.06. The molecular formula is C10H11N3S. The van der Waals surface area contributed by atoms with Crippen LogP contribution >= 0.6 is 11.8 Å². The van der Waals surface area contributed by atoms with E-state index >= 15 is 0 Å². The first kappa shape index (κ1) is 9.40. The van der Waals surface area contributed by atoms with Gasteiger partial charge in [0.1, 0.15) is 0 Å². The molecule has 2 rings (SSSR count). The highest BCUT2D eigenvalue weighted by atomic mass is 32.2. The zero-order chi connectivity index (χ0) is 9.80. The molecule has 0 aromatic heterocycles. The van der Waals surface area contributed by atoms with Crippen molar-refractivity contribution in [1.29, 1.82) is 0 Å². The second-order valence-electron chi connectivity index (χ2n) is 3.00. The summed E-state index contributed by atoms with van der Waals surface area (Å²) in [4.78, 5) is 4.20. The van der Waals surface area contributed by atoms with Crippen molar-refractivity contribution in [3.8, 4) is 0 Å². The minimum Gasteiger partial charge on any atom is -0.258 e. The van der Waals surface area contributed by atoms with Gasteiger partial charge in [0.2, 0.25) is 5.17 Å². The Hall–Kier alpha value is -1.16. The second kappa shape index (κ2) is 4.37. The molecule has 0 atom stereocenters. The van der Waals surface area contributed by atoms with Crippen molar-refractivity contribution in [2.45, 2.75) is 6.92 Å². The third-order valence-corrected chi connectivity index (χ3v) is 2.78. The number of rotatable bonds is 1. The lowest BCUT2D eigenvalue weighted by molar-refractivity contribution is 1.16. The first-order chi connectivity index (χ1) is 6.86. The maximum Gasteiger partial charge on any atom is 0.204 e. The molecule has 1 heterocycles. The van der Waals surface area contributed by atoms with E-state index in [1.807, 2.05) is 31.2 Å². The quantitative estimate of drug-likeness (QED) is 0.649. The van der Waals surface area contributed by atoms with E-state index in [0.717, 1.165) is 28.7 Å². The fourth-order valence-electron chi connectivity index (χ4n) is 1.16.